The average molecular weight is 380 g/mol. The van der Waals surface area contributed by atoms with Gasteiger partial charge in [-0.25, -0.2) is 5.43 Å². The van der Waals surface area contributed by atoms with Gasteiger partial charge in [-0.3, -0.25) is 15.0 Å². The third-order valence-corrected chi connectivity index (χ3v) is 5.35. The van der Waals surface area contributed by atoms with Crippen molar-refractivity contribution in [1.29, 1.82) is 0 Å². The Labute approximate surface area is 159 Å². The van der Waals surface area contributed by atoms with Crippen molar-refractivity contribution in [3.8, 4) is 0 Å². The first-order valence-corrected chi connectivity index (χ1v) is 9.63. The molecule has 2 fully saturated rings. The maximum absolute atomic E-state index is 12.8. The monoisotopic (exact) mass is 379 g/mol. The number of nitrogens with zero attached hydrogens (tertiary/aromatic N) is 1. The van der Waals surface area contributed by atoms with E-state index in [1.807, 2.05) is 19.1 Å². The number of benzene rings is 1. The summed E-state index contributed by atoms with van der Waals surface area (Å²) in [6, 6.07) is 6.83. The van der Waals surface area contributed by atoms with Gasteiger partial charge in [-0.2, -0.15) is 0 Å². The Hall–Kier alpha value is -1.47. The summed E-state index contributed by atoms with van der Waals surface area (Å²) in [7, 11) is 0. The number of halogens is 1. The highest BCUT2D eigenvalue weighted by Crippen LogP contribution is 2.24. The fourth-order valence-corrected chi connectivity index (χ4v) is 4.02. The van der Waals surface area contributed by atoms with Crippen molar-refractivity contribution in [2.24, 2.45) is 11.8 Å². The van der Waals surface area contributed by atoms with E-state index < -0.39 is 0 Å². The van der Waals surface area contributed by atoms with Gasteiger partial charge in [0, 0.05) is 42.1 Å². The number of nitrogens with one attached hydrogen (secondary N) is 2. The molecule has 7 heteroatoms. The number of ether oxygens (including phenoxy) is 1. The predicted molar refractivity (Wildman–Crippen MR) is 100.0 cm³/mol. The highest BCUT2D eigenvalue weighted by molar-refractivity contribution is 6.31. The number of rotatable bonds is 6. The van der Waals surface area contributed by atoms with Crippen LogP contribution in [0.5, 0.6) is 0 Å². The van der Waals surface area contributed by atoms with Crippen LogP contribution in [0.15, 0.2) is 24.3 Å². The molecule has 2 N–H and O–H groups in total. The molecular weight excluding hydrogens is 354 g/mol. The van der Waals surface area contributed by atoms with E-state index in [-0.39, 0.29) is 29.6 Å². The summed E-state index contributed by atoms with van der Waals surface area (Å²) >= 11 is 6.02. The van der Waals surface area contributed by atoms with E-state index in [4.69, 9.17) is 16.3 Å². The third kappa shape index (κ3) is 4.62. The Kier molecular flexibility index (Phi) is 6.64. The number of piperidine rings is 1. The van der Waals surface area contributed by atoms with Crippen LogP contribution < -0.4 is 10.9 Å². The van der Waals surface area contributed by atoms with Crippen molar-refractivity contribution in [3.63, 3.8) is 0 Å². The van der Waals surface area contributed by atoms with Gasteiger partial charge in [0.15, 0.2) is 5.78 Å². The van der Waals surface area contributed by atoms with Crippen LogP contribution >= 0.6 is 11.6 Å². The van der Waals surface area contributed by atoms with Gasteiger partial charge in [0.1, 0.15) is 6.04 Å². The number of esters is 1. The standard InChI is InChI=1S/C19H26ClN3O3/c1-2-26-19(25)17-15(10-21-22-17)12-23-8-4-6-14(11-23)18(24)13-5-3-7-16(20)9-13/h3,5,7,9,14-15,17,21-22H,2,4,6,8,10-12H2,1H3. The molecule has 2 aliphatic rings. The minimum atomic E-state index is -0.334. The van der Waals surface area contributed by atoms with E-state index in [9.17, 15) is 9.59 Å². The van der Waals surface area contributed by atoms with E-state index in [1.165, 1.54) is 0 Å². The quantitative estimate of drug-likeness (QED) is 0.581. The smallest absolute Gasteiger partial charge is 0.324 e. The molecule has 3 atom stereocenters. The Morgan fingerprint density at radius 3 is 3.00 bits per heavy atom. The summed E-state index contributed by atoms with van der Waals surface area (Å²) in [5.74, 6) is 0.0486. The highest BCUT2D eigenvalue weighted by atomic mass is 35.5. The van der Waals surface area contributed by atoms with E-state index in [2.05, 4.69) is 15.8 Å². The lowest BCUT2D eigenvalue weighted by molar-refractivity contribution is -0.146. The summed E-state index contributed by atoms with van der Waals surface area (Å²) in [4.78, 5) is 27.2. The van der Waals surface area contributed by atoms with Gasteiger partial charge in [-0.05, 0) is 38.4 Å². The SMILES string of the molecule is CCOC(=O)C1NNCC1CN1CCCC(C(=O)c2cccc(Cl)c2)C1. The van der Waals surface area contributed by atoms with E-state index >= 15 is 0 Å². The zero-order chi connectivity index (χ0) is 18.5. The summed E-state index contributed by atoms with van der Waals surface area (Å²) in [6.07, 6.45) is 1.87. The number of hydrogen-bond donors (Lipinski definition) is 2. The van der Waals surface area contributed by atoms with Crippen LogP contribution in [0.2, 0.25) is 5.02 Å². The van der Waals surface area contributed by atoms with Crippen molar-refractivity contribution in [2.75, 3.05) is 32.8 Å². The lowest BCUT2D eigenvalue weighted by Gasteiger charge is -2.34. The molecule has 0 saturated carbocycles. The molecule has 0 aliphatic carbocycles. The van der Waals surface area contributed by atoms with E-state index in [1.54, 1.807) is 12.1 Å². The van der Waals surface area contributed by atoms with Crippen LogP contribution in [0, 0.1) is 11.8 Å². The molecule has 0 spiro atoms. The first kappa shape index (κ1) is 19.3. The van der Waals surface area contributed by atoms with Crippen molar-refractivity contribution in [3.05, 3.63) is 34.9 Å². The maximum Gasteiger partial charge on any atom is 0.324 e. The van der Waals surface area contributed by atoms with Crippen LogP contribution in [0.1, 0.15) is 30.1 Å². The molecule has 6 nitrogen and oxygen atoms in total. The Balaban J connectivity index is 1.60. The lowest BCUT2D eigenvalue weighted by Crippen LogP contribution is -2.46. The Morgan fingerprint density at radius 1 is 1.38 bits per heavy atom. The first-order chi connectivity index (χ1) is 12.6. The topological polar surface area (TPSA) is 70.7 Å². The van der Waals surface area contributed by atoms with Gasteiger partial charge in [0.2, 0.25) is 0 Å². The number of ketones is 1. The molecule has 0 aromatic heterocycles. The predicted octanol–water partition coefficient (Wildman–Crippen LogP) is 1.89. The molecule has 3 unspecified atom stereocenters. The molecule has 26 heavy (non-hydrogen) atoms. The van der Waals surface area contributed by atoms with Crippen LogP contribution in [-0.2, 0) is 9.53 Å². The number of carbonyl (C=O) groups is 2. The van der Waals surface area contributed by atoms with Crippen LogP contribution in [0.4, 0.5) is 0 Å². The Morgan fingerprint density at radius 2 is 2.23 bits per heavy atom. The summed E-state index contributed by atoms with van der Waals surface area (Å²) in [6.45, 7) is 5.34. The minimum Gasteiger partial charge on any atom is -0.465 e. The Bertz CT molecular complexity index is 655. The normalized spacial score (nSPS) is 26.6. The molecule has 2 saturated heterocycles. The average Bonchev–Trinajstić information content (AvgIpc) is 3.10. The molecular formula is C19H26ClN3O3. The lowest BCUT2D eigenvalue weighted by atomic mass is 9.89. The second kappa shape index (κ2) is 8.95. The second-order valence-electron chi connectivity index (χ2n) is 6.99. The van der Waals surface area contributed by atoms with Gasteiger partial charge >= 0.3 is 5.97 Å². The number of carbonyl (C=O) groups excluding carboxylic acids is 2. The van der Waals surface area contributed by atoms with Gasteiger partial charge < -0.3 is 9.64 Å². The third-order valence-electron chi connectivity index (χ3n) is 5.11. The molecule has 2 heterocycles. The number of hydrogen-bond acceptors (Lipinski definition) is 6. The van der Waals surface area contributed by atoms with Gasteiger partial charge in [-0.15, -0.1) is 0 Å². The minimum absolute atomic E-state index is 0.0226. The van der Waals surface area contributed by atoms with Gasteiger partial charge in [0.05, 0.1) is 6.61 Å². The molecule has 3 rings (SSSR count). The zero-order valence-electron chi connectivity index (χ0n) is 15.0. The highest BCUT2D eigenvalue weighted by Gasteiger charge is 2.36. The fourth-order valence-electron chi connectivity index (χ4n) is 3.83. The molecule has 1 aromatic rings. The van der Waals surface area contributed by atoms with Crippen molar-refractivity contribution >= 4 is 23.4 Å². The molecule has 142 valence electrons. The number of hydrazine groups is 1. The summed E-state index contributed by atoms with van der Waals surface area (Å²) in [5.41, 5.74) is 6.75. The van der Waals surface area contributed by atoms with Crippen molar-refractivity contribution < 1.29 is 14.3 Å². The molecule has 2 aliphatic heterocycles. The van der Waals surface area contributed by atoms with Crippen LogP contribution in [0.25, 0.3) is 0 Å². The molecule has 1 aromatic carbocycles. The first-order valence-electron chi connectivity index (χ1n) is 9.25. The van der Waals surface area contributed by atoms with Crippen molar-refractivity contribution in [2.45, 2.75) is 25.8 Å². The van der Waals surface area contributed by atoms with Crippen LogP contribution in [0.3, 0.4) is 0 Å². The van der Waals surface area contributed by atoms with E-state index in [0.29, 0.717) is 23.7 Å². The maximum atomic E-state index is 12.8. The van der Waals surface area contributed by atoms with Crippen molar-refractivity contribution in [1.82, 2.24) is 15.8 Å². The fraction of sp³-hybridized carbons (Fsp3) is 0.579. The molecule has 0 radical (unpaired) electrons. The van der Waals surface area contributed by atoms with Gasteiger partial charge in [-0.1, -0.05) is 23.7 Å². The number of Topliss-reactive ketones (excluding diaryl/α,β-unsaturated/α-hetero) is 1. The molecule has 0 bridgehead atoms. The largest absolute Gasteiger partial charge is 0.465 e. The second-order valence-corrected chi connectivity index (χ2v) is 7.42. The van der Waals surface area contributed by atoms with E-state index in [0.717, 1.165) is 32.5 Å². The summed E-state index contributed by atoms with van der Waals surface area (Å²) < 4.78 is 5.15. The molecule has 0 amide bonds. The van der Waals surface area contributed by atoms with Crippen LogP contribution in [-0.4, -0.2) is 55.5 Å². The zero-order valence-corrected chi connectivity index (χ0v) is 15.8. The van der Waals surface area contributed by atoms with Gasteiger partial charge in [0.25, 0.3) is 0 Å². The summed E-state index contributed by atoms with van der Waals surface area (Å²) in [5, 5.41) is 0.587. The number of likely N-dealkylation sites (tertiary alicyclic amines) is 1.